The third kappa shape index (κ3) is 4.68. The van der Waals surface area contributed by atoms with Crippen molar-refractivity contribution in [2.24, 2.45) is 0 Å². The molecule has 0 aliphatic carbocycles. The van der Waals surface area contributed by atoms with Gasteiger partial charge in [-0.15, -0.1) is 0 Å². The van der Waals surface area contributed by atoms with Gasteiger partial charge in [0.05, 0.1) is 13.2 Å². The number of nitrogen functional groups attached to an aromatic ring is 1. The number of rotatable bonds is 6. The first-order chi connectivity index (χ1) is 14.3. The molecule has 9 N–H and O–H groups in total. The van der Waals surface area contributed by atoms with Crippen LogP contribution in [-0.4, -0.2) is 110 Å². The molecule has 0 unspecified atom stereocenters. The van der Waals surface area contributed by atoms with Crippen LogP contribution in [0, 0.1) is 0 Å². The van der Waals surface area contributed by atoms with E-state index in [2.05, 4.69) is 0 Å². The molecule has 0 amide bonds. The lowest BCUT2D eigenvalue weighted by atomic mass is 9.97. The minimum atomic E-state index is -1.74. The molecule has 170 valence electrons. The van der Waals surface area contributed by atoms with Gasteiger partial charge in [0.2, 0.25) is 6.29 Å². The summed E-state index contributed by atoms with van der Waals surface area (Å²) in [5.41, 5.74) is 6.10. The summed E-state index contributed by atoms with van der Waals surface area (Å²) in [5.74, 6) is 0.285. The van der Waals surface area contributed by atoms with E-state index in [4.69, 9.17) is 24.7 Å². The van der Waals surface area contributed by atoms with Gasteiger partial charge in [-0.25, -0.2) is 0 Å². The maximum Gasteiger partial charge on any atom is 0.229 e. The predicted octanol–water partition coefficient (Wildman–Crippen LogP) is -3.73. The number of ether oxygens (including phenoxy) is 4. The molecular formula is C18H27NO11. The van der Waals surface area contributed by atoms with E-state index < -0.39 is 74.6 Å². The van der Waals surface area contributed by atoms with E-state index in [-0.39, 0.29) is 5.75 Å². The van der Waals surface area contributed by atoms with E-state index in [9.17, 15) is 35.7 Å². The number of aliphatic hydroxyl groups is 7. The van der Waals surface area contributed by atoms with Crippen LogP contribution >= 0.6 is 0 Å². The van der Waals surface area contributed by atoms with Gasteiger partial charge in [-0.05, 0) is 24.3 Å². The summed E-state index contributed by atoms with van der Waals surface area (Å²) < 4.78 is 21.7. The third-order valence-electron chi connectivity index (χ3n) is 5.09. The summed E-state index contributed by atoms with van der Waals surface area (Å²) in [6.07, 6.45) is -15.1. The van der Waals surface area contributed by atoms with Gasteiger partial charge in [-0.2, -0.15) is 0 Å². The molecule has 2 aliphatic heterocycles. The van der Waals surface area contributed by atoms with Crippen LogP contribution < -0.4 is 10.5 Å². The van der Waals surface area contributed by atoms with Gasteiger partial charge in [-0.3, -0.25) is 0 Å². The number of benzene rings is 1. The standard InChI is InChI=1S/C18H27NO11/c19-7-1-3-8(4-2-7)27-18-15(26)16(12(23)10(6-21)29-18)30-17-14(25)13(24)11(22)9(5-20)28-17/h1-4,9-18,20-26H,5-6,19H2/t9-,10-,11-,12-,13+,14-,15-,16+,17-,18+/m1/s1. The fraction of sp³-hybridized carbons (Fsp3) is 0.667. The first-order valence-corrected chi connectivity index (χ1v) is 9.37. The second-order valence-electron chi connectivity index (χ2n) is 7.19. The summed E-state index contributed by atoms with van der Waals surface area (Å²) in [5, 5.41) is 69.8. The normalized spacial score (nSPS) is 42.1. The average molecular weight is 433 g/mol. The lowest BCUT2D eigenvalue weighted by Crippen LogP contribution is -2.65. The molecule has 0 spiro atoms. The Hall–Kier alpha value is -1.58. The van der Waals surface area contributed by atoms with E-state index in [0.29, 0.717) is 5.69 Å². The van der Waals surface area contributed by atoms with Crippen molar-refractivity contribution in [2.45, 2.75) is 61.4 Å². The van der Waals surface area contributed by atoms with Crippen molar-refractivity contribution in [1.29, 1.82) is 0 Å². The average Bonchev–Trinajstić information content (AvgIpc) is 2.74. The highest BCUT2D eigenvalue weighted by molar-refractivity contribution is 5.41. The molecule has 2 aliphatic rings. The fourth-order valence-electron chi connectivity index (χ4n) is 3.33. The van der Waals surface area contributed by atoms with Crippen LogP contribution in [0.25, 0.3) is 0 Å². The number of nitrogens with two attached hydrogens (primary N) is 1. The Labute approximate surface area is 171 Å². The van der Waals surface area contributed by atoms with E-state index >= 15 is 0 Å². The topological polar surface area (TPSA) is 205 Å². The maximum atomic E-state index is 10.6. The van der Waals surface area contributed by atoms with Gasteiger partial charge in [0.15, 0.2) is 6.29 Å². The Bertz CT molecular complexity index is 675. The molecule has 3 rings (SSSR count). The number of hydrogen-bond acceptors (Lipinski definition) is 12. The van der Waals surface area contributed by atoms with Crippen LogP contribution in [0.4, 0.5) is 5.69 Å². The van der Waals surface area contributed by atoms with E-state index in [0.717, 1.165) is 0 Å². The summed E-state index contributed by atoms with van der Waals surface area (Å²) in [6.45, 7) is -1.31. The minimum absolute atomic E-state index is 0.285. The zero-order valence-electron chi connectivity index (χ0n) is 15.8. The summed E-state index contributed by atoms with van der Waals surface area (Å²) in [4.78, 5) is 0. The second kappa shape index (κ2) is 9.70. The Morgan fingerprint density at radius 2 is 1.30 bits per heavy atom. The van der Waals surface area contributed by atoms with E-state index in [1.807, 2.05) is 0 Å². The van der Waals surface area contributed by atoms with Gasteiger partial charge in [-0.1, -0.05) is 0 Å². The SMILES string of the molecule is Nc1ccc(O[C@H]2O[C@H](CO)[C@@H](O)[C@H](O[C@H]3O[C@H](CO)[C@@H](O)[C@H](O)[C@H]3O)[C@H]2O)cc1. The number of anilines is 1. The molecule has 1 aromatic carbocycles. The van der Waals surface area contributed by atoms with Crippen molar-refractivity contribution >= 4 is 5.69 Å². The van der Waals surface area contributed by atoms with Gasteiger partial charge in [0, 0.05) is 5.69 Å². The van der Waals surface area contributed by atoms with Crippen LogP contribution in [0.1, 0.15) is 0 Å². The van der Waals surface area contributed by atoms with E-state index in [1.165, 1.54) is 12.1 Å². The molecular weight excluding hydrogens is 406 g/mol. The van der Waals surface area contributed by atoms with Crippen molar-refractivity contribution in [3.05, 3.63) is 24.3 Å². The van der Waals surface area contributed by atoms with Crippen LogP contribution in [0.5, 0.6) is 5.75 Å². The Morgan fingerprint density at radius 1 is 0.733 bits per heavy atom. The zero-order chi connectivity index (χ0) is 22.0. The lowest BCUT2D eigenvalue weighted by molar-refractivity contribution is -0.352. The highest BCUT2D eigenvalue weighted by atomic mass is 16.7. The molecule has 12 heteroatoms. The predicted molar refractivity (Wildman–Crippen MR) is 97.9 cm³/mol. The van der Waals surface area contributed by atoms with Gasteiger partial charge < -0.3 is 60.4 Å². The van der Waals surface area contributed by atoms with Crippen LogP contribution in [0.2, 0.25) is 0 Å². The van der Waals surface area contributed by atoms with Crippen LogP contribution in [0.3, 0.4) is 0 Å². The largest absolute Gasteiger partial charge is 0.462 e. The second-order valence-corrected chi connectivity index (χ2v) is 7.19. The monoisotopic (exact) mass is 433 g/mol. The van der Waals surface area contributed by atoms with Crippen LogP contribution in [-0.2, 0) is 14.2 Å². The van der Waals surface area contributed by atoms with Crippen molar-refractivity contribution < 1.29 is 54.7 Å². The molecule has 0 bridgehead atoms. The smallest absolute Gasteiger partial charge is 0.229 e. The van der Waals surface area contributed by atoms with E-state index in [1.54, 1.807) is 12.1 Å². The molecule has 1 aromatic rings. The molecule has 2 saturated heterocycles. The third-order valence-corrected chi connectivity index (χ3v) is 5.09. The number of aliphatic hydroxyl groups excluding tert-OH is 7. The van der Waals surface area contributed by atoms with Crippen molar-refractivity contribution in [3.63, 3.8) is 0 Å². The molecule has 0 aromatic heterocycles. The molecule has 12 nitrogen and oxygen atoms in total. The highest BCUT2D eigenvalue weighted by Gasteiger charge is 2.51. The first kappa shape index (κ1) is 23.1. The van der Waals surface area contributed by atoms with Crippen LogP contribution in [0.15, 0.2) is 24.3 Å². The van der Waals surface area contributed by atoms with Gasteiger partial charge in [0.1, 0.15) is 54.6 Å². The summed E-state index contributed by atoms with van der Waals surface area (Å²) >= 11 is 0. The maximum absolute atomic E-state index is 10.6. The van der Waals surface area contributed by atoms with Crippen molar-refractivity contribution in [2.75, 3.05) is 18.9 Å². The molecule has 0 radical (unpaired) electrons. The highest BCUT2D eigenvalue weighted by Crippen LogP contribution is 2.30. The molecule has 2 fully saturated rings. The quantitative estimate of drug-likeness (QED) is 0.204. The summed E-state index contributed by atoms with van der Waals surface area (Å²) in [7, 11) is 0. The van der Waals surface area contributed by atoms with Gasteiger partial charge >= 0.3 is 0 Å². The number of hydrogen-bond donors (Lipinski definition) is 8. The molecule has 30 heavy (non-hydrogen) atoms. The fourth-order valence-corrected chi connectivity index (χ4v) is 3.33. The Balaban J connectivity index is 1.76. The Morgan fingerprint density at radius 3 is 1.90 bits per heavy atom. The Kier molecular flexibility index (Phi) is 7.47. The first-order valence-electron chi connectivity index (χ1n) is 9.37. The zero-order valence-corrected chi connectivity index (χ0v) is 15.8. The lowest BCUT2D eigenvalue weighted by Gasteiger charge is -2.45. The van der Waals surface area contributed by atoms with Gasteiger partial charge in [0.25, 0.3) is 0 Å². The summed E-state index contributed by atoms with van der Waals surface area (Å²) in [6, 6.07) is 6.17. The molecule has 2 heterocycles. The van der Waals surface area contributed by atoms with Crippen molar-refractivity contribution in [3.8, 4) is 5.75 Å². The molecule has 0 saturated carbocycles. The molecule has 10 atom stereocenters. The van der Waals surface area contributed by atoms with Crippen molar-refractivity contribution in [1.82, 2.24) is 0 Å². The minimum Gasteiger partial charge on any atom is -0.462 e.